The molecule has 0 saturated carbocycles. The lowest BCUT2D eigenvalue weighted by Gasteiger charge is -2.29. The molecule has 21 heavy (non-hydrogen) atoms. The Bertz CT molecular complexity index is 433. The molecule has 0 unspecified atom stereocenters. The van der Waals surface area contributed by atoms with Crippen molar-refractivity contribution in [3.8, 4) is 0 Å². The van der Waals surface area contributed by atoms with Crippen LogP contribution in [0.5, 0.6) is 0 Å². The summed E-state index contributed by atoms with van der Waals surface area (Å²) in [7, 11) is 1.71. The first-order chi connectivity index (χ1) is 10.2. The molecule has 1 aromatic rings. The molecule has 1 atom stereocenters. The number of piperidine rings is 1. The van der Waals surface area contributed by atoms with E-state index in [0.29, 0.717) is 0 Å². The summed E-state index contributed by atoms with van der Waals surface area (Å²) < 4.78 is 19.4. The summed E-state index contributed by atoms with van der Waals surface area (Å²) in [5.74, 6) is -0.0973. The van der Waals surface area contributed by atoms with Gasteiger partial charge in [-0.25, -0.2) is 4.39 Å². The first kappa shape index (κ1) is 16.2. The first-order valence-corrected chi connectivity index (χ1v) is 7.99. The molecule has 1 aliphatic heterocycles. The molecule has 0 aliphatic carbocycles. The van der Waals surface area contributed by atoms with Crippen molar-refractivity contribution in [1.82, 2.24) is 5.32 Å². The summed E-state index contributed by atoms with van der Waals surface area (Å²) in [4.78, 5) is 2.17. The minimum absolute atomic E-state index is 0.0973. The molecule has 0 amide bonds. The smallest absolute Gasteiger partial charge is 0.146 e. The van der Waals surface area contributed by atoms with Gasteiger partial charge in [-0.15, -0.1) is 0 Å². The number of hydrogen-bond acceptors (Lipinski definition) is 3. The van der Waals surface area contributed by atoms with Gasteiger partial charge < -0.3 is 15.0 Å². The lowest BCUT2D eigenvalue weighted by Crippen LogP contribution is -2.30. The first-order valence-electron chi connectivity index (χ1n) is 7.99. The normalized spacial score (nSPS) is 17.0. The van der Waals surface area contributed by atoms with Gasteiger partial charge >= 0.3 is 0 Å². The molecule has 1 aromatic carbocycles. The Morgan fingerprint density at radius 2 is 2.05 bits per heavy atom. The van der Waals surface area contributed by atoms with Crippen LogP contribution >= 0.6 is 0 Å². The van der Waals surface area contributed by atoms with Crippen LogP contribution in [0, 0.1) is 5.82 Å². The van der Waals surface area contributed by atoms with E-state index in [-0.39, 0.29) is 11.9 Å². The molecular formula is C17H27FN2O. The summed E-state index contributed by atoms with van der Waals surface area (Å²) in [5, 5.41) is 3.40. The molecule has 118 valence electrons. The lowest BCUT2D eigenvalue weighted by atomic mass is 10.1. The fourth-order valence-corrected chi connectivity index (χ4v) is 2.84. The van der Waals surface area contributed by atoms with Crippen LogP contribution in [0.2, 0.25) is 0 Å². The molecule has 1 saturated heterocycles. The van der Waals surface area contributed by atoms with E-state index in [1.807, 2.05) is 12.1 Å². The Kier molecular flexibility index (Phi) is 6.46. The van der Waals surface area contributed by atoms with E-state index >= 15 is 0 Å². The molecule has 1 aliphatic rings. The summed E-state index contributed by atoms with van der Waals surface area (Å²) in [5.41, 5.74) is 1.76. The number of methoxy groups -OCH3 is 1. The quantitative estimate of drug-likeness (QED) is 0.779. The van der Waals surface area contributed by atoms with Crippen LogP contribution in [0.3, 0.4) is 0 Å². The predicted octanol–water partition coefficient (Wildman–Crippen LogP) is 3.50. The van der Waals surface area contributed by atoms with Gasteiger partial charge in [0, 0.05) is 32.8 Å². The Morgan fingerprint density at radius 1 is 1.29 bits per heavy atom. The van der Waals surface area contributed by atoms with Crippen molar-refractivity contribution in [2.45, 2.75) is 38.6 Å². The van der Waals surface area contributed by atoms with Crippen LogP contribution in [0.25, 0.3) is 0 Å². The van der Waals surface area contributed by atoms with Crippen molar-refractivity contribution in [3.63, 3.8) is 0 Å². The number of nitrogens with zero attached hydrogens (tertiary/aromatic N) is 1. The Labute approximate surface area is 127 Å². The molecule has 0 aromatic heterocycles. The van der Waals surface area contributed by atoms with Crippen LogP contribution in [0.1, 0.15) is 44.2 Å². The Hall–Kier alpha value is -1.13. The highest BCUT2D eigenvalue weighted by molar-refractivity contribution is 5.49. The molecule has 1 heterocycles. The average molecular weight is 294 g/mol. The zero-order chi connectivity index (χ0) is 15.1. The van der Waals surface area contributed by atoms with Gasteiger partial charge in [0.25, 0.3) is 0 Å². The van der Waals surface area contributed by atoms with Crippen molar-refractivity contribution in [1.29, 1.82) is 0 Å². The second-order valence-corrected chi connectivity index (χ2v) is 5.78. The highest BCUT2D eigenvalue weighted by Crippen LogP contribution is 2.26. The molecule has 3 nitrogen and oxygen atoms in total. The fraction of sp³-hybridized carbons (Fsp3) is 0.647. The number of halogens is 1. The van der Waals surface area contributed by atoms with Crippen LogP contribution in [0.15, 0.2) is 18.2 Å². The van der Waals surface area contributed by atoms with E-state index < -0.39 is 0 Å². The number of nitrogens with one attached hydrogen (secondary N) is 1. The van der Waals surface area contributed by atoms with Gasteiger partial charge in [0.15, 0.2) is 0 Å². The largest absolute Gasteiger partial charge is 0.385 e. The van der Waals surface area contributed by atoms with Crippen LogP contribution in [0.4, 0.5) is 10.1 Å². The van der Waals surface area contributed by atoms with Crippen molar-refractivity contribution < 1.29 is 9.13 Å². The van der Waals surface area contributed by atoms with Crippen molar-refractivity contribution in [3.05, 3.63) is 29.6 Å². The van der Waals surface area contributed by atoms with Crippen LogP contribution in [-0.4, -0.2) is 33.4 Å². The number of ether oxygens (including phenoxy) is 1. The van der Waals surface area contributed by atoms with E-state index in [0.717, 1.165) is 43.9 Å². The van der Waals surface area contributed by atoms with Gasteiger partial charge in [-0.05, 0) is 56.8 Å². The topological polar surface area (TPSA) is 24.5 Å². The summed E-state index contributed by atoms with van der Waals surface area (Å²) in [6.45, 7) is 5.65. The molecule has 0 radical (unpaired) electrons. The van der Waals surface area contributed by atoms with Crippen molar-refractivity contribution in [2.24, 2.45) is 0 Å². The molecular weight excluding hydrogens is 267 g/mol. The van der Waals surface area contributed by atoms with Gasteiger partial charge in [-0.1, -0.05) is 6.07 Å². The third kappa shape index (κ3) is 4.68. The molecule has 0 spiro atoms. The monoisotopic (exact) mass is 294 g/mol. The Morgan fingerprint density at radius 3 is 2.71 bits per heavy atom. The van der Waals surface area contributed by atoms with Gasteiger partial charge in [0.05, 0.1) is 5.69 Å². The average Bonchev–Trinajstić information content (AvgIpc) is 2.52. The summed E-state index contributed by atoms with van der Waals surface area (Å²) >= 11 is 0. The highest BCUT2D eigenvalue weighted by Gasteiger charge is 2.16. The van der Waals surface area contributed by atoms with E-state index in [9.17, 15) is 4.39 Å². The molecule has 1 N–H and O–H groups in total. The van der Waals surface area contributed by atoms with Crippen LogP contribution < -0.4 is 10.2 Å². The summed E-state index contributed by atoms with van der Waals surface area (Å²) in [6, 6.07) is 5.81. The van der Waals surface area contributed by atoms with Crippen molar-refractivity contribution >= 4 is 5.69 Å². The fourth-order valence-electron chi connectivity index (χ4n) is 2.84. The van der Waals surface area contributed by atoms with Gasteiger partial charge in [0.2, 0.25) is 0 Å². The number of benzene rings is 1. The maximum Gasteiger partial charge on any atom is 0.146 e. The molecule has 2 rings (SSSR count). The Balaban J connectivity index is 1.94. The standard InChI is InChI=1S/C17H27FN2O/c1-14(19-9-6-12-21-2)15-7-8-17(16(18)13-15)20-10-4-3-5-11-20/h7-8,13-14,19H,3-6,9-12H2,1-2H3/t14-/m1/s1. The van der Waals surface area contributed by atoms with Crippen LogP contribution in [-0.2, 0) is 4.74 Å². The maximum absolute atomic E-state index is 14.3. The molecule has 1 fully saturated rings. The molecule has 0 bridgehead atoms. The minimum Gasteiger partial charge on any atom is -0.385 e. The van der Waals surface area contributed by atoms with E-state index in [1.165, 1.54) is 19.3 Å². The highest BCUT2D eigenvalue weighted by atomic mass is 19.1. The third-order valence-corrected chi connectivity index (χ3v) is 4.14. The molecule has 4 heteroatoms. The number of anilines is 1. The second kappa shape index (κ2) is 8.35. The van der Waals surface area contributed by atoms with Gasteiger partial charge in [-0.2, -0.15) is 0 Å². The van der Waals surface area contributed by atoms with Gasteiger partial charge in [0.1, 0.15) is 5.82 Å². The van der Waals surface area contributed by atoms with Crippen molar-refractivity contribution in [2.75, 3.05) is 38.3 Å². The lowest BCUT2D eigenvalue weighted by molar-refractivity contribution is 0.193. The third-order valence-electron chi connectivity index (χ3n) is 4.14. The minimum atomic E-state index is -0.0973. The van der Waals surface area contributed by atoms with Gasteiger partial charge in [-0.3, -0.25) is 0 Å². The zero-order valence-electron chi connectivity index (χ0n) is 13.2. The SMILES string of the molecule is COCCCN[C@H](C)c1ccc(N2CCCCC2)c(F)c1. The van der Waals surface area contributed by atoms with E-state index in [2.05, 4.69) is 17.1 Å². The zero-order valence-corrected chi connectivity index (χ0v) is 13.2. The van der Waals surface area contributed by atoms with E-state index in [4.69, 9.17) is 4.74 Å². The number of hydrogen-bond donors (Lipinski definition) is 1. The van der Waals surface area contributed by atoms with E-state index in [1.54, 1.807) is 13.2 Å². The maximum atomic E-state index is 14.3. The summed E-state index contributed by atoms with van der Waals surface area (Å²) in [6.07, 6.45) is 4.56. The predicted molar refractivity (Wildman–Crippen MR) is 85.4 cm³/mol. The number of rotatable bonds is 7. The second-order valence-electron chi connectivity index (χ2n) is 5.78.